The smallest absolute Gasteiger partial charge is 0.258 e. The van der Waals surface area contributed by atoms with Gasteiger partial charge >= 0.3 is 0 Å². The number of sulfonamides is 1. The Morgan fingerprint density at radius 2 is 1.97 bits per heavy atom. The Bertz CT molecular complexity index is 1110. The van der Waals surface area contributed by atoms with Gasteiger partial charge in [0.15, 0.2) is 11.5 Å². The highest BCUT2D eigenvalue weighted by atomic mass is 32.2. The number of rotatable bonds is 11. The number of aliphatic hydroxyl groups excluding tert-OH is 2. The van der Waals surface area contributed by atoms with Crippen LogP contribution in [-0.2, 0) is 19.6 Å². The molecule has 3 heterocycles. The molecule has 1 aromatic heterocycles. The molecule has 4 rings (SSSR count). The van der Waals surface area contributed by atoms with Crippen LogP contribution in [0.5, 0.6) is 0 Å². The summed E-state index contributed by atoms with van der Waals surface area (Å²) in [5.74, 6) is -1.38. The van der Waals surface area contributed by atoms with Gasteiger partial charge in [-0.15, -0.1) is 0 Å². The number of nitrogens with zero attached hydrogens (tertiary/aromatic N) is 3. The van der Waals surface area contributed by atoms with E-state index in [4.69, 9.17) is 0 Å². The Kier molecular flexibility index (Phi) is 9.43. The molecule has 2 saturated heterocycles. The van der Waals surface area contributed by atoms with Crippen molar-refractivity contribution in [2.75, 3.05) is 38.4 Å². The maximum absolute atomic E-state index is 13.3. The summed E-state index contributed by atoms with van der Waals surface area (Å²) < 4.78 is 26.1. The average molecular weight is 540 g/mol. The van der Waals surface area contributed by atoms with Crippen LogP contribution >= 0.6 is 0 Å². The van der Waals surface area contributed by atoms with Gasteiger partial charge in [0.1, 0.15) is 11.3 Å². The Balaban J connectivity index is 1.72. The minimum absolute atomic E-state index is 0.0202. The van der Waals surface area contributed by atoms with Gasteiger partial charge < -0.3 is 21.0 Å². The molecule has 11 nitrogen and oxygen atoms in total. The molecule has 2 aliphatic heterocycles. The average Bonchev–Trinajstić information content (AvgIpc) is 3.02. The molecule has 0 radical (unpaired) electrons. The van der Waals surface area contributed by atoms with Gasteiger partial charge in [0.05, 0.1) is 12.4 Å². The molecule has 0 spiro atoms. The van der Waals surface area contributed by atoms with Crippen molar-refractivity contribution in [3.63, 3.8) is 0 Å². The Morgan fingerprint density at radius 1 is 1.27 bits per heavy atom. The second-order valence-corrected chi connectivity index (χ2v) is 12.7. The number of nitrogens with one attached hydrogen (secondary N) is 2. The van der Waals surface area contributed by atoms with Crippen molar-refractivity contribution >= 4 is 27.5 Å². The van der Waals surface area contributed by atoms with Crippen molar-refractivity contribution in [3.05, 3.63) is 29.6 Å². The van der Waals surface area contributed by atoms with E-state index >= 15 is 0 Å². The Labute approximate surface area is 219 Å². The summed E-state index contributed by atoms with van der Waals surface area (Å²) in [6, 6.07) is 3.38. The number of carbonyl (C=O) groups is 2. The summed E-state index contributed by atoms with van der Waals surface area (Å²) in [5.41, 5.74) is 3.19. The van der Waals surface area contributed by atoms with E-state index in [1.807, 2.05) is 13.8 Å². The van der Waals surface area contributed by atoms with Crippen LogP contribution in [0.2, 0.25) is 0 Å². The van der Waals surface area contributed by atoms with E-state index in [1.54, 1.807) is 23.0 Å². The molecule has 37 heavy (non-hydrogen) atoms. The summed E-state index contributed by atoms with van der Waals surface area (Å²) in [7, 11) is -1.93. The molecule has 1 amide bonds. The third kappa shape index (κ3) is 7.34. The summed E-state index contributed by atoms with van der Waals surface area (Å²) in [6.45, 7) is 6.17. The first-order valence-corrected chi connectivity index (χ1v) is 14.7. The second-order valence-electron chi connectivity index (χ2n) is 10.6. The number of aliphatic hydroxyl groups is 2. The molecule has 0 aromatic carbocycles. The van der Waals surface area contributed by atoms with E-state index in [1.165, 1.54) is 14.0 Å². The molecule has 4 atom stereocenters. The molecule has 3 aliphatic rings. The first-order chi connectivity index (χ1) is 17.3. The van der Waals surface area contributed by atoms with Crippen LogP contribution in [0.3, 0.4) is 0 Å². The molecule has 208 valence electrons. The molecule has 12 heteroatoms. The summed E-state index contributed by atoms with van der Waals surface area (Å²) in [6.07, 6.45) is 5.43. The lowest BCUT2D eigenvalue weighted by Gasteiger charge is -2.42. The van der Waals surface area contributed by atoms with Crippen LogP contribution in [0, 0.1) is 5.92 Å². The maximum Gasteiger partial charge on any atom is 0.258 e. The largest absolute Gasteiger partial charge is 0.505 e. The fraction of sp³-hybridized carbons (Fsp3) is 0.680. The normalized spacial score (nSPS) is 24.1. The topological polar surface area (TPSA) is 144 Å². The number of amides is 1. The van der Waals surface area contributed by atoms with E-state index in [-0.39, 0.29) is 41.9 Å². The van der Waals surface area contributed by atoms with E-state index in [0.717, 1.165) is 29.8 Å². The number of piperidine rings is 1. The van der Waals surface area contributed by atoms with Crippen molar-refractivity contribution in [2.24, 2.45) is 5.92 Å². The van der Waals surface area contributed by atoms with Crippen LogP contribution in [0.4, 0.5) is 0 Å². The highest BCUT2D eigenvalue weighted by Crippen LogP contribution is 2.34. The summed E-state index contributed by atoms with van der Waals surface area (Å²) in [5, 5.41) is 24.5. The Morgan fingerprint density at radius 3 is 2.59 bits per heavy atom. The van der Waals surface area contributed by atoms with Crippen molar-refractivity contribution in [1.82, 2.24) is 19.2 Å². The van der Waals surface area contributed by atoms with Crippen LogP contribution in [-0.4, -0.2) is 101 Å². The predicted molar refractivity (Wildman–Crippen MR) is 142 cm³/mol. The van der Waals surface area contributed by atoms with E-state index in [0.29, 0.717) is 25.2 Å². The number of Topliss-reactive ketones (excluding diaryl/α,β-unsaturated/α-hetero) is 1. The zero-order valence-corrected chi connectivity index (χ0v) is 23.2. The first-order valence-electron chi connectivity index (χ1n) is 12.8. The monoisotopic (exact) mass is 539 g/mol. The van der Waals surface area contributed by atoms with Crippen molar-refractivity contribution in [3.8, 4) is 0 Å². The standard InChI is InChI=1S/C25H41N5O6S/c1-16(2)27-30-11-7-10-22(30)24(33)23(17(3)31)25(34)26-21-12-19-9-6-8-18(21)13-29(19)15-20(32)14-28(4)37(5,35)36/h7,10-11,16,18-21,27,32-33H,6,8-9,12-15H2,1-5H3,(H,26,34)/b24-23-. The molecule has 3 fully saturated rings. The predicted octanol–water partition coefficient (Wildman–Crippen LogP) is 0.910. The van der Waals surface area contributed by atoms with Crippen LogP contribution < -0.4 is 10.7 Å². The molecule has 1 aromatic rings. The molecular formula is C25H41N5O6S. The maximum atomic E-state index is 13.3. The van der Waals surface area contributed by atoms with Crippen LogP contribution in [0.15, 0.2) is 23.9 Å². The minimum Gasteiger partial charge on any atom is -0.505 e. The van der Waals surface area contributed by atoms with Gasteiger partial charge in [-0.05, 0) is 58.1 Å². The highest BCUT2D eigenvalue weighted by molar-refractivity contribution is 7.88. The number of carbonyl (C=O) groups excluding carboxylic acids is 2. The van der Waals surface area contributed by atoms with Crippen LogP contribution in [0.1, 0.15) is 52.1 Å². The lowest BCUT2D eigenvalue weighted by molar-refractivity contribution is -0.122. The zero-order chi connectivity index (χ0) is 27.5. The van der Waals surface area contributed by atoms with Crippen molar-refractivity contribution in [2.45, 2.75) is 70.7 Å². The molecule has 1 saturated carbocycles. The van der Waals surface area contributed by atoms with Crippen molar-refractivity contribution < 1.29 is 28.2 Å². The Hall–Kier alpha value is -2.41. The number of ketones is 1. The first kappa shape index (κ1) is 29.2. The van der Waals surface area contributed by atoms with Crippen molar-refractivity contribution in [1.29, 1.82) is 0 Å². The van der Waals surface area contributed by atoms with E-state index in [2.05, 4.69) is 15.6 Å². The van der Waals surface area contributed by atoms with Gasteiger partial charge in [0, 0.05) is 51.0 Å². The van der Waals surface area contributed by atoms with Gasteiger partial charge in [0.25, 0.3) is 5.91 Å². The van der Waals surface area contributed by atoms with Gasteiger partial charge in [-0.25, -0.2) is 12.7 Å². The molecular weight excluding hydrogens is 498 g/mol. The van der Waals surface area contributed by atoms with Gasteiger partial charge in [-0.2, -0.15) is 0 Å². The lowest BCUT2D eigenvalue weighted by Crippen LogP contribution is -2.56. The SMILES string of the molecule is CC(=O)/C(C(=O)NC1CC2CCCC1CN2CC(O)CN(C)S(C)(=O)=O)=C(/O)c1cccn1NC(C)C. The number of hydrogen-bond acceptors (Lipinski definition) is 8. The number of likely N-dealkylation sites (N-methyl/N-ethyl adjacent to an activating group) is 1. The zero-order valence-electron chi connectivity index (χ0n) is 22.3. The summed E-state index contributed by atoms with van der Waals surface area (Å²) >= 11 is 0. The van der Waals surface area contributed by atoms with Gasteiger partial charge in [-0.1, -0.05) is 6.42 Å². The molecule has 4 unspecified atom stereocenters. The number of fused-ring (bicyclic) bond motifs is 4. The number of hydrogen-bond donors (Lipinski definition) is 4. The highest BCUT2D eigenvalue weighted by Gasteiger charge is 2.40. The fourth-order valence-electron chi connectivity index (χ4n) is 5.35. The van der Waals surface area contributed by atoms with Crippen LogP contribution in [0.25, 0.3) is 5.76 Å². The quantitative estimate of drug-likeness (QED) is 0.141. The third-order valence-corrected chi connectivity index (χ3v) is 8.47. The van der Waals surface area contributed by atoms with Gasteiger partial charge in [-0.3, -0.25) is 19.2 Å². The van der Waals surface area contributed by atoms with Gasteiger partial charge in [0.2, 0.25) is 10.0 Å². The summed E-state index contributed by atoms with van der Waals surface area (Å²) in [4.78, 5) is 27.9. The second kappa shape index (κ2) is 12.0. The molecule has 1 aliphatic carbocycles. The molecule has 2 bridgehead atoms. The lowest BCUT2D eigenvalue weighted by atomic mass is 9.88. The third-order valence-electron chi connectivity index (χ3n) is 7.19. The minimum atomic E-state index is -3.38. The number of aromatic nitrogens is 1. The van der Waals surface area contributed by atoms with E-state index in [9.17, 15) is 28.2 Å². The molecule has 4 N–H and O–H groups in total. The van der Waals surface area contributed by atoms with E-state index < -0.39 is 27.8 Å². The fourth-order valence-corrected chi connectivity index (χ4v) is 5.79.